The Morgan fingerprint density at radius 3 is 2.52 bits per heavy atom. The van der Waals surface area contributed by atoms with Gasteiger partial charge in [-0.25, -0.2) is 4.79 Å². The zero-order valence-electron chi connectivity index (χ0n) is 16.4. The number of carbonyl (C=O) groups excluding carboxylic acids is 1. The van der Waals surface area contributed by atoms with Gasteiger partial charge in [-0.3, -0.25) is 9.36 Å². The van der Waals surface area contributed by atoms with Crippen LogP contribution in [0.4, 0.5) is 4.79 Å². The summed E-state index contributed by atoms with van der Waals surface area (Å²) in [6, 6.07) is 17.1. The number of ether oxygens (including phenoxy) is 2. The van der Waals surface area contributed by atoms with Crippen LogP contribution >= 0.6 is 0 Å². The van der Waals surface area contributed by atoms with Crippen molar-refractivity contribution in [1.29, 1.82) is 0 Å². The van der Waals surface area contributed by atoms with Gasteiger partial charge in [0.05, 0.1) is 24.6 Å². The lowest BCUT2D eigenvalue weighted by molar-refractivity contribution is -0.145. The van der Waals surface area contributed by atoms with Gasteiger partial charge in [0.25, 0.3) is 0 Å². The van der Waals surface area contributed by atoms with E-state index in [1.54, 1.807) is 19.1 Å². The van der Waals surface area contributed by atoms with Crippen LogP contribution in [-0.2, 0) is 20.9 Å². The maximum absolute atomic E-state index is 12.6. The Morgan fingerprint density at radius 1 is 1.07 bits per heavy atom. The van der Waals surface area contributed by atoms with Crippen molar-refractivity contribution >= 4 is 23.0 Å². The first-order valence-electron chi connectivity index (χ1n) is 9.73. The number of nitrogens with zero attached hydrogens (tertiary/aromatic N) is 1. The number of carbonyl (C=O) groups is 2. The van der Waals surface area contributed by atoms with Crippen LogP contribution in [0, 0.1) is 0 Å². The van der Waals surface area contributed by atoms with Gasteiger partial charge in [0, 0.05) is 18.2 Å². The van der Waals surface area contributed by atoms with Crippen LogP contribution in [0.1, 0.15) is 36.8 Å². The van der Waals surface area contributed by atoms with Crippen molar-refractivity contribution < 1.29 is 24.2 Å². The molecule has 0 aliphatic carbocycles. The molecule has 3 rings (SSSR count). The first-order chi connectivity index (χ1) is 14.1. The zero-order chi connectivity index (χ0) is 20.6. The molecular weight excluding hydrogens is 370 g/mol. The van der Waals surface area contributed by atoms with Crippen LogP contribution in [0.3, 0.4) is 0 Å². The number of benzene rings is 2. The van der Waals surface area contributed by atoms with Crippen molar-refractivity contribution in [3.05, 3.63) is 71.9 Å². The van der Waals surface area contributed by atoms with E-state index >= 15 is 0 Å². The number of fused-ring (bicyclic) bond motifs is 1. The maximum atomic E-state index is 12.6. The third-order valence-corrected chi connectivity index (χ3v) is 4.79. The van der Waals surface area contributed by atoms with Crippen molar-refractivity contribution in [2.24, 2.45) is 0 Å². The monoisotopic (exact) mass is 395 g/mol. The summed E-state index contributed by atoms with van der Waals surface area (Å²) < 4.78 is 12.1. The molecule has 0 aliphatic rings. The number of carboxylic acid groups (broad SMARTS) is 1. The summed E-state index contributed by atoms with van der Waals surface area (Å²) in [5.41, 5.74) is 2.33. The van der Waals surface area contributed by atoms with Gasteiger partial charge in [-0.15, -0.1) is 0 Å². The smallest absolute Gasteiger partial charge is 0.416 e. The summed E-state index contributed by atoms with van der Waals surface area (Å²) in [5.74, 6) is -0.885. The number of hydrogen-bond acceptors (Lipinski definition) is 4. The highest BCUT2D eigenvalue weighted by molar-refractivity contribution is 5.95. The minimum Gasteiger partial charge on any atom is -0.466 e. The summed E-state index contributed by atoms with van der Waals surface area (Å²) >= 11 is 0. The molecule has 29 heavy (non-hydrogen) atoms. The number of hydrogen-bond donors (Lipinski definition) is 1. The van der Waals surface area contributed by atoms with E-state index in [1.165, 1.54) is 6.20 Å². The van der Waals surface area contributed by atoms with Crippen LogP contribution in [0.15, 0.2) is 60.8 Å². The molecule has 0 bridgehead atoms. The van der Waals surface area contributed by atoms with Crippen molar-refractivity contribution in [3.63, 3.8) is 0 Å². The van der Waals surface area contributed by atoms with Crippen molar-refractivity contribution in [2.75, 3.05) is 13.2 Å². The second-order valence-electron chi connectivity index (χ2n) is 6.74. The molecule has 0 saturated carbocycles. The van der Waals surface area contributed by atoms with E-state index in [9.17, 15) is 14.7 Å². The quantitative estimate of drug-likeness (QED) is 0.415. The van der Waals surface area contributed by atoms with E-state index in [4.69, 9.17) is 9.47 Å². The average Bonchev–Trinajstić information content (AvgIpc) is 3.11. The number of rotatable bonds is 9. The number of aromatic nitrogens is 1. The zero-order valence-corrected chi connectivity index (χ0v) is 16.4. The summed E-state index contributed by atoms with van der Waals surface area (Å²) in [7, 11) is 0. The molecule has 1 unspecified atom stereocenters. The molecule has 1 atom stereocenters. The molecule has 0 aliphatic heterocycles. The lowest BCUT2D eigenvalue weighted by atomic mass is 9.94. The molecule has 0 saturated heterocycles. The van der Waals surface area contributed by atoms with Crippen molar-refractivity contribution in [1.82, 2.24) is 4.57 Å². The van der Waals surface area contributed by atoms with Gasteiger partial charge < -0.3 is 14.6 Å². The molecule has 0 radical (unpaired) electrons. The fraction of sp³-hybridized carbons (Fsp3) is 0.304. The van der Waals surface area contributed by atoms with Crippen LogP contribution in [0.25, 0.3) is 10.9 Å². The van der Waals surface area contributed by atoms with Gasteiger partial charge in [-0.1, -0.05) is 48.5 Å². The van der Waals surface area contributed by atoms with E-state index in [0.29, 0.717) is 37.1 Å². The molecule has 1 aromatic heterocycles. The normalized spacial score (nSPS) is 12.0. The Morgan fingerprint density at radius 2 is 1.79 bits per heavy atom. The van der Waals surface area contributed by atoms with Crippen LogP contribution in [-0.4, -0.2) is 34.9 Å². The molecule has 1 N–H and O–H groups in total. The second-order valence-corrected chi connectivity index (χ2v) is 6.74. The summed E-state index contributed by atoms with van der Waals surface area (Å²) in [6.45, 7) is 3.06. The molecular formula is C23H25NO5. The van der Waals surface area contributed by atoms with E-state index < -0.39 is 12.0 Å². The Labute approximate surface area is 169 Å². The molecule has 6 heteroatoms. The molecule has 0 fully saturated rings. The van der Waals surface area contributed by atoms with Gasteiger partial charge in [-0.05, 0) is 37.0 Å². The van der Waals surface area contributed by atoms with Crippen LogP contribution in [0.5, 0.6) is 0 Å². The third kappa shape index (κ3) is 5.03. The average molecular weight is 395 g/mol. The molecule has 6 nitrogen and oxygen atoms in total. The van der Waals surface area contributed by atoms with Crippen molar-refractivity contribution in [2.45, 2.75) is 32.3 Å². The largest absolute Gasteiger partial charge is 0.466 e. The van der Waals surface area contributed by atoms with Gasteiger partial charge in [0.1, 0.15) is 0 Å². The lowest BCUT2D eigenvalue weighted by Gasteiger charge is -2.15. The molecule has 0 spiro atoms. The Balaban J connectivity index is 1.73. The summed E-state index contributed by atoms with van der Waals surface area (Å²) in [6.07, 6.45) is 1.62. The van der Waals surface area contributed by atoms with Crippen LogP contribution < -0.4 is 0 Å². The van der Waals surface area contributed by atoms with E-state index in [1.807, 2.05) is 42.5 Å². The van der Waals surface area contributed by atoms with Gasteiger partial charge >= 0.3 is 12.1 Å². The highest BCUT2D eigenvalue weighted by atomic mass is 16.5. The van der Waals surface area contributed by atoms with Crippen LogP contribution in [0.2, 0.25) is 0 Å². The molecule has 3 aromatic rings. The van der Waals surface area contributed by atoms with E-state index in [2.05, 4.69) is 0 Å². The fourth-order valence-corrected chi connectivity index (χ4v) is 3.44. The second kappa shape index (κ2) is 9.89. The Bertz CT molecular complexity index is 964. The maximum Gasteiger partial charge on any atom is 0.416 e. The summed E-state index contributed by atoms with van der Waals surface area (Å²) in [4.78, 5) is 24.2. The Kier molecular flexibility index (Phi) is 7.03. The molecule has 2 aromatic carbocycles. The fourth-order valence-electron chi connectivity index (χ4n) is 3.44. The first-order valence-corrected chi connectivity index (χ1v) is 9.73. The molecule has 0 amide bonds. The van der Waals surface area contributed by atoms with E-state index in [0.717, 1.165) is 15.5 Å². The van der Waals surface area contributed by atoms with Gasteiger partial charge in [0.2, 0.25) is 0 Å². The standard InChI is InChI=1S/C23H25NO5/c1-2-29-22(25)19(12-8-14-28-16-17-9-4-3-5-10-17)20-15-24(23(26)27)21-13-7-6-11-18(20)21/h3-7,9-11,13,15,19H,2,8,12,14,16H2,1H3,(H,26,27). The highest BCUT2D eigenvalue weighted by Crippen LogP contribution is 2.31. The lowest BCUT2D eigenvalue weighted by Crippen LogP contribution is -2.17. The van der Waals surface area contributed by atoms with E-state index in [-0.39, 0.29) is 12.6 Å². The number of para-hydroxylation sites is 1. The predicted molar refractivity (Wildman–Crippen MR) is 110 cm³/mol. The third-order valence-electron chi connectivity index (χ3n) is 4.79. The highest BCUT2D eigenvalue weighted by Gasteiger charge is 2.26. The molecule has 152 valence electrons. The SMILES string of the molecule is CCOC(=O)C(CCCOCc1ccccc1)c1cn(C(=O)O)c2ccccc12. The van der Waals surface area contributed by atoms with Gasteiger partial charge in [0.15, 0.2) is 0 Å². The minimum atomic E-state index is -1.08. The minimum absolute atomic E-state index is 0.275. The van der Waals surface area contributed by atoms with Crippen molar-refractivity contribution in [3.8, 4) is 0 Å². The summed E-state index contributed by atoms with van der Waals surface area (Å²) in [5, 5.41) is 10.2. The van der Waals surface area contributed by atoms with Gasteiger partial charge in [-0.2, -0.15) is 0 Å². The Hall–Kier alpha value is -3.12. The topological polar surface area (TPSA) is 77.8 Å². The first kappa shape index (κ1) is 20.6. The predicted octanol–water partition coefficient (Wildman–Crippen LogP) is 4.81. The number of esters is 1. The molecule has 1 heterocycles.